The Bertz CT molecular complexity index is 1150. The van der Waals surface area contributed by atoms with Gasteiger partial charge >= 0.3 is 0 Å². The number of aromatic nitrogens is 1. The second kappa shape index (κ2) is 6.44. The summed E-state index contributed by atoms with van der Waals surface area (Å²) in [5.74, 6) is 0.733. The van der Waals surface area contributed by atoms with Crippen molar-refractivity contribution in [2.24, 2.45) is 5.92 Å². The van der Waals surface area contributed by atoms with E-state index in [4.69, 9.17) is 0 Å². The van der Waals surface area contributed by atoms with Crippen molar-refractivity contribution >= 4 is 50.0 Å². The largest absolute Gasteiger partial charge is 0.356 e. The van der Waals surface area contributed by atoms with Crippen LogP contribution in [0.2, 0.25) is 0 Å². The standard InChI is InChI=1S/C22H20BrN3O2S/c23-18-8-7-17(29-18)21-20-14(13-3-1-2-4-15(13)24-20)9-16-22(28)25(10-12-5-6-12)11-19(27)26(16)21/h1-4,7-8,12,16,21,24H,5-6,9-11H2/t16-,21+/m1/s1. The van der Waals surface area contributed by atoms with Crippen LogP contribution in [0, 0.1) is 5.92 Å². The zero-order valence-electron chi connectivity index (χ0n) is 15.7. The van der Waals surface area contributed by atoms with Crippen LogP contribution in [-0.4, -0.2) is 45.7 Å². The summed E-state index contributed by atoms with van der Waals surface area (Å²) in [5, 5.41) is 1.15. The molecule has 1 aromatic carbocycles. The molecule has 3 aromatic rings. The zero-order valence-corrected chi connectivity index (χ0v) is 18.1. The first-order chi connectivity index (χ1) is 14.1. The third kappa shape index (κ3) is 2.78. The van der Waals surface area contributed by atoms with E-state index in [1.165, 1.54) is 18.4 Å². The summed E-state index contributed by atoms with van der Waals surface area (Å²) in [5.41, 5.74) is 3.28. The Labute approximate surface area is 180 Å². The minimum atomic E-state index is -0.424. The maximum absolute atomic E-state index is 13.4. The second-order valence-corrected chi connectivity index (χ2v) is 10.8. The fourth-order valence-corrected chi connectivity index (χ4v) is 6.40. The van der Waals surface area contributed by atoms with E-state index >= 15 is 0 Å². The van der Waals surface area contributed by atoms with E-state index in [2.05, 4.69) is 39.1 Å². The van der Waals surface area contributed by atoms with Gasteiger partial charge in [0.1, 0.15) is 12.1 Å². The summed E-state index contributed by atoms with van der Waals surface area (Å²) < 4.78 is 1.03. The van der Waals surface area contributed by atoms with Crippen molar-refractivity contribution in [3.63, 3.8) is 0 Å². The predicted molar refractivity (Wildman–Crippen MR) is 116 cm³/mol. The van der Waals surface area contributed by atoms with Gasteiger partial charge in [-0.15, -0.1) is 11.3 Å². The highest BCUT2D eigenvalue weighted by atomic mass is 79.9. The number of rotatable bonds is 3. The number of thiophene rings is 1. The van der Waals surface area contributed by atoms with Crippen molar-refractivity contribution in [1.29, 1.82) is 0 Å². The van der Waals surface area contributed by atoms with Crippen molar-refractivity contribution in [2.75, 3.05) is 13.1 Å². The number of amides is 2. The van der Waals surface area contributed by atoms with Gasteiger partial charge in [-0.25, -0.2) is 0 Å². The fraction of sp³-hybridized carbons (Fsp3) is 0.364. The molecular weight excluding hydrogens is 450 g/mol. The van der Waals surface area contributed by atoms with Gasteiger partial charge in [0, 0.05) is 34.4 Å². The summed E-state index contributed by atoms with van der Waals surface area (Å²) in [6.45, 7) is 0.926. The number of benzene rings is 1. The van der Waals surface area contributed by atoms with Gasteiger partial charge in [-0.05, 0) is 58.5 Å². The number of piperazine rings is 1. The summed E-state index contributed by atoms with van der Waals surface area (Å²) in [7, 11) is 0. The normalized spacial score (nSPS) is 24.2. The Morgan fingerprint density at radius 3 is 2.72 bits per heavy atom. The molecule has 2 aliphatic heterocycles. The number of para-hydroxylation sites is 1. The van der Waals surface area contributed by atoms with Crippen molar-refractivity contribution in [3.05, 3.63) is 56.3 Å². The highest BCUT2D eigenvalue weighted by molar-refractivity contribution is 9.11. The van der Waals surface area contributed by atoms with Crippen LogP contribution < -0.4 is 0 Å². The van der Waals surface area contributed by atoms with E-state index in [-0.39, 0.29) is 24.4 Å². The smallest absolute Gasteiger partial charge is 0.246 e. The minimum Gasteiger partial charge on any atom is -0.356 e. The lowest BCUT2D eigenvalue weighted by molar-refractivity contribution is -0.158. The first kappa shape index (κ1) is 17.7. The van der Waals surface area contributed by atoms with Gasteiger partial charge in [0.15, 0.2) is 0 Å². The fourth-order valence-electron chi connectivity index (χ4n) is 4.86. The number of carbonyl (C=O) groups is 2. The molecule has 2 atom stereocenters. The van der Waals surface area contributed by atoms with Gasteiger partial charge in [-0.3, -0.25) is 9.59 Å². The topological polar surface area (TPSA) is 56.4 Å². The maximum Gasteiger partial charge on any atom is 0.246 e. The number of hydrogen-bond donors (Lipinski definition) is 1. The van der Waals surface area contributed by atoms with E-state index in [1.807, 2.05) is 28.0 Å². The van der Waals surface area contributed by atoms with Crippen molar-refractivity contribution < 1.29 is 9.59 Å². The molecule has 0 bridgehead atoms. The summed E-state index contributed by atoms with van der Waals surface area (Å²) >= 11 is 5.19. The lowest BCUT2D eigenvalue weighted by Gasteiger charge is -2.46. The molecule has 2 aromatic heterocycles. The number of H-pyrrole nitrogens is 1. The van der Waals surface area contributed by atoms with E-state index in [0.717, 1.165) is 31.8 Å². The molecular formula is C22H20BrN3O2S. The SMILES string of the molecule is O=C1[C@H]2Cc3c([nH]c4ccccc34)[C@H](c3ccc(Br)s3)N2C(=O)CN1CC1CC1. The third-order valence-corrected chi connectivity index (χ3v) is 8.06. The van der Waals surface area contributed by atoms with Gasteiger partial charge < -0.3 is 14.8 Å². The second-order valence-electron chi connectivity index (χ2n) is 8.29. The Hall–Kier alpha value is -2.12. The molecule has 6 rings (SSSR count). The van der Waals surface area contributed by atoms with Crippen LogP contribution in [0.15, 0.2) is 40.2 Å². The maximum atomic E-state index is 13.4. The van der Waals surface area contributed by atoms with Gasteiger partial charge in [0.25, 0.3) is 0 Å². The van der Waals surface area contributed by atoms with Gasteiger partial charge in [0.05, 0.1) is 10.3 Å². The molecule has 7 heteroatoms. The number of halogens is 1. The molecule has 5 nitrogen and oxygen atoms in total. The minimum absolute atomic E-state index is 0.0501. The van der Waals surface area contributed by atoms with Crippen LogP contribution in [0.4, 0.5) is 0 Å². The summed E-state index contributed by atoms with van der Waals surface area (Å²) in [6, 6.07) is 11.6. The van der Waals surface area contributed by atoms with E-state index in [1.54, 1.807) is 11.3 Å². The summed E-state index contributed by atoms with van der Waals surface area (Å²) in [6.07, 6.45) is 2.92. The average molecular weight is 470 g/mol. The van der Waals surface area contributed by atoms with E-state index < -0.39 is 6.04 Å². The molecule has 0 unspecified atom stereocenters. The van der Waals surface area contributed by atoms with Crippen LogP contribution in [0.25, 0.3) is 10.9 Å². The number of carbonyl (C=O) groups excluding carboxylic acids is 2. The molecule has 0 radical (unpaired) electrons. The molecule has 29 heavy (non-hydrogen) atoms. The lowest BCUT2D eigenvalue weighted by atomic mass is 9.88. The van der Waals surface area contributed by atoms with Gasteiger partial charge in [0.2, 0.25) is 11.8 Å². The molecule has 4 heterocycles. The zero-order chi connectivity index (χ0) is 19.7. The molecule has 2 amide bonds. The summed E-state index contributed by atoms with van der Waals surface area (Å²) in [4.78, 5) is 35.0. The number of hydrogen-bond acceptors (Lipinski definition) is 3. The van der Waals surface area contributed by atoms with Gasteiger partial charge in [-0.1, -0.05) is 18.2 Å². The molecule has 0 spiro atoms. The lowest BCUT2D eigenvalue weighted by Crippen LogP contribution is -2.63. The Balaban J connectivity index is 1.51. The van der Waals surface area contributed by atoms with Crippen LogP contribution in [0.3, 0.4) is 0 Å². The van der Waals surface area contributed by atoms with Gasteiger partial charge in [-0.2, -0.15) is 0 Å². The average Bonchev–Trinajstić information content (AvgIpc) is 3.30. The van der Waals surface area contributed by atoms with Crippen LogP contribution >= 0.6 is 27.3 Å². The number of aromatic amines is 1. The monoisotopic (exact) mass is 469 g/mol. The van der Waals surface area contributed by atoms with Crippen LogP contribution in [0.5, 0.6) is 0 Å². The molecule has 1 aliphatic carbocycles. The van der Waals surface area contributed by atoms with Crippen molar-refractivity contribution in [1.82, 2.24) is 14.8 Å². The van der Waals surface area contributed by atoms with Crippen molar-refractivity contribution in [3.8, 4) is 0 Å². The predicted octanol–water partition coefficient (Wildman–Crippen LogP) is 4.09. The first-order valence-corrected chi connectivity index (χ1v) is 11.7. The van der Waals surface area contributed by atoms with Crippen LogP contribution in [0.1, 0.15) is 35.0 Å². The third-order valence-electron chi connectivity index (χ3n) is 6.38. The van der Waals surface area contributed by atoms with E-state index in [9.17, 15) is 9.59 Å². The number of nitrogens with zero attached hydrogens (tertiary/aromatic N) is 2. The highest BCUT2D eigenvalue weighted by Crippen LogP contribution is 2.45. The Morgan fingerprint density at radius 1 is 1.14 bits per heavy atom. The first-order valence-electron chi connectivity index (χ1n) is 10.0. The highest BCUT2D eigenvalue weighted by Gasteiger charge is 2.49. The number of nitrogens with one attached hydrogen (secondary N) is 1. The number of fused-ring (bicyclic) bond motifs is 4. The quantitative estimate of drug-likeness (QED) is 0.627. The molecule has 3 aliphatic rings. The van der Waals surface area contributed by atoms with Crippen molar-refractivity contribution in [2.45, 2.75) is 31.3 Å². The van der Waals surface area contributed by atoms with Crippen LogP contribution in [-0.2, 0) is 16.0 Å². The molecule has 2 fully saturated rings. The molecule has 1 saturated heterocycles. The van der Waals surface area contributed by atoms with E-state index in [0.29, 0.717) is 12.3 Å². The molecule has 1 N–H and O–H groups in total. The Morgan fingerprint density at radius 2 is 1.97 bits per heavy atom. The molecule has 1 saturated carbocycles. The molecule has 148 valence electrons. The Kier molecular flexibility index (Phi) is 3.93.